The van der Waals surface area contributed by atoms with Gasteiger partial charge in [0.2, 0.25) is 0 Å². The van der Waals surface area contributed by atoms with E-state index in [0.29, 0.717) is 12.4 Å². The van der Waals surface area contributed by atoms with E-state index in [1.54, 1.807) is 12.1 Å². The van der Waals surface area contributed by atoms with E-state index >= 15 is 0 Å². The Labute approximate surface area is 100 Å². The monoisotopic (exact) mass is 236 g/mol. The smallest absolute Gasteiger partial charge is 0.308 e. The SMILES string of the molecule is COC(=O)C(C)C1COc2cc(O)ccc2C1. The normalized spacial score (nSPS) is 20.0. The van der Waals surface area contributed by atoms with Crippen molar-refractivity contribution in [2.75, 3.05) is 13.7 Å². The number of methoxy groups -OCH3 is 1. The lowest BCUT2D eigenvalue weighted by Crippen LogP contribution is -2.31. The van der Waals surface area contributed by atoms with Crippen LogP contribution in [0, 0.1) is 11.8 Å². The molecule has 2 rings (SSSR count). The lowest BCUT2D eigenvalue weighted by atomic mass is 9.86. The molecule has 2 unspecified atom stereocenters. The van der Waals surface area contributed by atoms with Crippen LogP contribution in [0.25, 0.3) is 0 Å². The van der Waals surface area contributed by atoms with E-state index < -0.39 is 0 Å². The fourth-order valence-electron chi connectivity index (χ4n) is 2.08. The zero-order valence-corrected chi connectivity index (χ0v) is 9.97. The summed E-state index contributed by atoms with van der Waals surface area (Å²) in [4.78, 5) is 11.5. The maximum absolute atomic E-state index is 11.5. The molecule has 1 N–H and O–H groups in total. The highest BCUT2D eigenvalue weighted by Gasteiger charge is 2.29. The summed E-state index contributed by atoms with van der Waals surface area (Å²) in [5.74, 6) is 0.642. The van der Waals surface area contributed by atoms with Crippen molar-refractivity contribution < 1.29 is 19.4 Å². The van der Waals surface area contributed by atoms with Gasteiger partial charge in [0.1, 0.15) is 11.5 Å². The van der Waals surface area contributed by atoms with E-state index in [1.165, 1.54) is 7.11 Å². The number of aromatic hydroxyl groups is 1. The maximum Gasteiger partial charge on any atom is 0.308 e. The van der Waals surface area contributed by atoms with Crippen LogP contribution >= 0.6 is 0 Å². The number of phenolic OH excluding ortho intramolecular Hbond substituents is 1. The first-order valence-corrected chi connectivity index (χ1v) is 5.64. The summed E-state index contributed by atoms with van der Waals surface area (Å²) in [5, 5.41) is 9.34. The van der Waals surface area contributed by atoms with Gasteiger partial charge in [-0.25, -0.2) is 0 Å². The quantitative estimate of drug-likeness (QED) is 0.795. The van der Waals surface area contributed by atoms with Gasteiger partial charge in [-0.3, -0.25) is 4.79 Å². The summed E-state index contributed by atoms with van der Waals surface area (Å²) in [6.45, 7) is 2.33. The van der Waals surface area contributed by atoms with Gasteiger partial charge < -0.3 is 14.6 Å². The molecule has 0 aliphatic carbocycles. The number of benzene rings is 1. The van der Waals surface area contributed by atoms with E-state index in [0.717, 1.165) is 12.0 Å². The van der Waals surface area contributed by atoms with Crippen LogP contribution in [0.2, 0.25) is 0 Å². The van der Waals surface area contributed by atoms with Gasteiger partial charge >= 0.3 is 5.97 Å². The van der Waals surface area contributed by atoms with Crippen LogP contribution < -0.4 is 4.74 Å². The number of phenols is 1. The molecule has 0 saturated carbocycles. The molecule has 1 aliphatic heterocycles. The summed E-state index contributed by atoms with van der Waals surface area (Å²) in [6, 6.07) is 5.07. The van der Waals surface area contributed by atoms with Crippen LogP contribution in [0.3, 0.4) is 0 Å². The Morgan fingerprint density at radius 1 is 1.59 bits per heavy atom. The van der Waals surface area contributed by atoms with Crippen LogP contribution in [0.4, 0.5) is 0 Å². The van der Waals surface area contributed by atoms with Crippen LogP contribution in [-0.2, 0) is 16.0 Å². The molecule has 4 heteroatoms. The van der Waals surface area contributed by atoms with Gasteiger partial charge in [0.25, 0.3) is 0 Å². The largest absolute Gasteiger partial charge is 0.508 e. The Morgan fingerprint density at radius 3 is 3.06 bits per heavy atom. The number of hydrogen-bond donors (Lipinski definition) is 1. The van der Waals surface area contributed by atoms with Crippen LogP contribution in [0.5, 0.6) is 11.5 Å². The minimum atomic E-state index is -0.208. The lowest BCUT2D eigenvalue weighted by molar-refractivity contribution is -0.147. The summed E-state index contributed by atoms with van der Waals surface area (Å²) < 4.78 is 10.3. The Hall–Kier alpha value is -1.71. The van der Waals surface area contributed by atoms with Crippen molar-refractivity contribution in [1.29, 1.82) is 0 Å². The molecule has 2 atom stereocenters. The summed E-state index contributed by atoms with van der Waals surface area (Å²) >= 11 is 0. The Morgan fingerprint density at radius 2 is 2.35 bits per heavy atom. The molecule has 1 aromatic rings. The zero-order chi connectivity index (χ0) is 12.4. The van der Waals surface area contributed by atoms with E-state index in [2.05, 4.69) is 0 Å². The average molecular weight is 236 g/mol. The fraction of sp³-hybridized carbons (Fsp3) is 0.462. The van der Waals surface area contributed by atoms with Crippen LogP contribution in [0.1, 0.15) is 12.5 Å². The predicted octanol–water partition coefficient (Wildman–Crippen LogP) is 1.75. The number of fused-ring (bicyclic) bond motifs is 1. The molecular formula is C13H16O4. The van der Waals surface area contributed by atoms with Crippen molar-refractivity contribution in [2.24, 2.45) is 11.8 Å². The number of carbonyl (C=O) groups excluding carboxylic acids is 1. The van der Waals surface area contributed by atoms with Gasteiger partial charge in [-0.1, -0.05) is 13.0 Å². The predicted molar refractivity (Wildman–Crippen MR) is 62.0 cm³/mol. The lowest BCUT2D eigenvalue weighted by Gasteiger charge is -2.28. The third kappa shape index (κ3) is 2.35. The second-order valence-corrected chi connectivity index (χ2v) is 4.38. The van der Waals surface area contributed by atoms with E-state index in [4.69, 9.17) is 9.47 Å². The molecule has 1 heterocycles. The fourth-order valence-corrected chi connectivity index (χ4v) is 2.08. The molecule has 0 fully saturated rings. The van der Waals surface area contributed by atoms with Gasteiger partial charge in [-0.05, 0) is 18.1 Å². The van der Waals surface area contributed by atoms with Crippen LogP contribution in [-0.4, -0.2) is 24.8 Å². The molecule has 17 heavy (non-hydrogen) atoms. The van der Waals surface area contributed by atoms with Crippen molar-refractivity contribution in [3.63, 3.8) is 0 Å². The minimum absolute atomic E-state index is 0.125. The standard InChI is InChI=1S/C13H16O4/c1-8(13(15)16-2)10-5-9-3-4-11(14)6-12(9)17-7-10/h3-4,6,8,10,14H,5,7H2,1-2H3. The molecule has 0 amide bonds. The van der Waals surface area contributed by atoms with E-state index in [-0.39, 0.29) is 23.6 Å². The zero-order valence-electron chi connectivity index (χ0n) is 9.97. The second-order valence-electron chi connectivity index (χ2n) is 4.38. The van der Waals surface area contributed by atoms with Gasteiger partial charge in [0.05, 0.1) is 19.6 Å². The first-order chi connectivity index (χ1) is 8.11. The number of esters is 1. The molecule has 1 aliphatic rings. The molecule has 0 spiro atoms. The second kappa shape index (κ2) is 4.65. The maximum atomic E-state index is 11.5. The molecule has 0 radical (unpaired) electrons. The summed E-state index contributed by atoms with van der Waals surface area (Å²) in [5.41, 5.74) is 1.02. The van der Waals surface area contributed by atoms with Gasteiger partial charge in [-0.2, -0.15) is 0 Å². The van der Waals surface area contributed by atoms with E-state index in [9.17, 15) is 9.90 Å². The number of hydrogen-bond acceptors (Lipinski definition) is 4. The van der Waals surface area contributed by atoms with Crippen molar-refractivity contribution in [1.82, 2.24) is 0 Å². The molecule has 0 saturated heterocycles. The molecule has 92 valence electrons. The molecule has 1 aromatic carbocycles. The number of ether oxygens (including phenoxy) is 2. The third-order valence-electron chi connectivity index (χ3n) is 3.27. The number of rotatable bonds is 2. The molecule has 0 bridgehead atoms. The highest BCUT2D eigenvalue weighted by molar-refractivity contribution is 5.72. The van der Waals surface area contributed by atoms with Crippen molar-refractivity contribution >= 4 is 5.97 Å². The molecule has 0 aromatic heterocycles. The highest BCUT2D eigenvalue weighted by atomic mass is 16.5. The molecule has 4 nitrogen and oxygen atoms in total. The van der Waals surface area contributed by atoms with Crippen LogP contribution in [0.15, 0.2) is 18.2 Å². The van der Waals surface area contributed by atoms with Crippen molar-refractivity contribution in [3.05, 3.63) is 23.8 Å². The van der Waals surface area contributed by atoms with Gasteiger partial charge in [0.15, 0.2) is 0 Å². The average Bonchev–Trinajstić information content (AvgIpc) is 2.36. The van der Waals surface area contributed by atoms with Crippen molar-refractivity contribution in [2.45, 2.75) is 13.3 Å². The van der Waals surface area contributed by atoms with E-state index in [1.807, 2.05) is 13.0 Å². The third-order valence-corrected chi connectivity index (χ3v) is 3.27. The topological polar surface area (TPSA) is 55.8 Å². The summed E-state index contributed by atoms with van der Waals surface area (Å²) in [6.07, 6.45) is 0.770. The Bertz CT molecular complexity index is 427. The van der Waals surface area contributed by atoms with Crippen molar-refractivity contribution in [3.8, 4) is 11.5 Å². The Balaban J connectivity index is 2.13. The first kappa shape index (κ1) is 11.8. The van der Waals surface area contributed by atoms with Gasteiger partial charge in [0, 0.05) is 12.0 Å². The first-order valence-electron chi connectivity index (χ1n) is 5.64. The Kier molecular flexibility index (Phi) is 3.22. The number of carbonyl (C=O) groups is 1. The minimum Gasteiger partial charge on any atom is -0.508 e. The molecular weight excluding hydrogens is 220 g/mol. The van der Waals surface area contributed by atoms with Gasteiger partial charge in [-0.15, -0.1) is 0 Å². The highest BCUT2D eigenvalue weighted by Crippen LogP contribution is 2.33. The summed E-state index contributed by atoms with van der Waals surface area (Å²) in [7, 11) is 1.40.